The van der Waals surface area contributed by atoms with Crippen LogP contribution in [-0.2, 0) is 4.79 Å². The SMILES string of the molecule is C=C(CC/C(=C/CC/C(=C/CC/C(C)=C\CO)CO)C(=O)O)C(C)C. The van der Waals surface area contributed by atoms with Crippen molar-refractivity contribution in [3.63, 3.8) is 0 Å². The third kappa shape index (κ3) is 11.5. The van der Waals surface area contributed by atoms with Crippen molar-refractivity contribution in [2.24, 2.45) is 5.92 Å². The van der Waals surface area contributed by atoms with E-state index >= 15 is 0 Å². The Morgan fingerprint density at radius 3 is 2.16 bits per heavy atom. The summed E-state index contributed by atoms with van der Waals surface area (Å²) in [6.07, 6.45) is 9.64. The first-order valence-corrected chi connectivity index (χ1v) is 8.97. The minimum absolute atomic E-state index is 0.0108. The van der Waals surface area contributed by atoms with Gasteiger partial charge in [-0.3, -0.25) is 0 Å². The van der Waals surface area contributed by atoms with Gasteiger partial charge in [-0.2, -0.15) is 0 Å². The molecule has 0 atom stereocenters. The monoisotopic (exact) mass is 350 g/mol. The molecule has 0 unspecified atom stereocenters. The van der Waals surface area contributed by atoms with E-state index in [0.29, 0.717) is 37.2 Å². The van der Waals surface area contributed by atoms with E-state index in [-0.39, 0.29) is 13.2 Å². The summed E-state index contributed by atoms with van der Waals surface area (Å²) in [7, 11) is 0. The van der Waals surface area contributed by atoms with Crippen LogP contribution in [0.25, 0.3) is 0 Å². The topological polar surface area (TPSA) is 77.8 Å². The first-order valence-electron chi connectivity index (χ1n) is 8.97. The van der Waals surface area contributed by atoms with Crippen LogP contribution in [0.3, 0.4) is 0 Å². The Bertz CT molecular complexity index is 510. The summed E-state index contributed by atoms with van der Waals surface area (Å²) in [5.74, 6) is -0.516. The van der Waals surface area contributed by atoms with Gasteiger partial charge in [-0.25, -0.2) is 4.79 Å². The molecule has 4 nitrogen and oxygen atoms in total. The highest BCUT2D eigenvalue weighted by Gasteiger charge is 2.09. The van der Waals surface area contributed by atoms with Crippen LogP contribution in [0.2, 0.25) is 0 Å². The first kappa shape index (κ1) is 23.4. The Labute approximate surface area is 152 Å². The second kappa shape index (κ2) is 13.6. The lowest BCUT2D eigenvalue weighted by Crippen LogP contribution is -2.03. The second-order valence-electron chi connectivity index (χ2n) is 6.68. The largest absolute Gasteiger partial charge is 0.478 e. The summed E-state index contributed by atoms with van der Waals surface area (Å²) in [5, 5.41) is 27.6. The summed E-state index contributed by atoms with van der Waals surface area (Å²) < 4.78 is 0. The molecule has 0 spiro atoms. The Morgan fingerprint density at radius 1 is 1.00 bits per heavy atom. The van der Waals surface area contributed by atoms with E-state index in [2.05, 4.69) is 20.4 Å². The summed E-state index contributed by atoms with van der Waals surface area (Å²) in [4.78, 5) is 11.3. The molecule has 0 rings (SSSR count). The summed E-state index contributed by atoms with van der Waals surface area (Å²) >= 11 is 0. The lowest BCUT2D eigenvalue weighted by Gasteiger charge is -2.10. The number of aliphatic carboxylic acids is 1. The standard InChI is InChI=1S/C21H34O4/c1-16(2)18(4)11-12-20(21(24)25)10-6-9-19(15-23)8-5-7-17(3)13-14-22/h8,10,13,16,22-23H,4-7,9,11-12,14-15H2,1-3H3,(H,24,25)/b17-13-,19-8-,20-10-. The summed E-state index contributed by atoms with van der Waals surface area (Å²) in [6, 6.07) is 0. The minimum atomic E-state index is -0.879. The normalized spacial score (nSPS) is 13.4. The highest BCUT2D eigenvalue weighted by atomic mass is 16.4. The van der Waals surface area contributed by atoms with Crippen molar-refractivity contribution >= 4 is 5.97 Å². The third-order valence-electron chi connectivity index (χ3n) is 4.28. The maximum Gasteiger partial charge on any atom is 0.331 e. The molecule has 0 aliphatic heterocycles. The fourth-order valence-corrected chi connectivity index (χ4v) is 2.32. The molecule has 0 amide bonds. The third-order valence-corrected chi connectivity index (χ3v) is 4.28. The molecule has 0 bridgehead atoms. The van der Waals surface area contributed by atoms with Crippen molar-refractivity contribution in [1.29, 1.82) is 0 Å². The van der Waals surface area contributed by atoms with Crippen LogP contribution in [0, 0.1) is 5.92 Å². The van der Waals surface area contributed by atoms with E-state index in [0.717, 1.165) is 29.6 Å². The first-order chi connectivity index (χ1) is 11.8. The molecule has 142 valence electrons. The van der Waals surface area contributed by atoms with Gasteiger partial charge in [0.1, 0.15) is 0 Å². The number of aliphatic hydroxyl groups excluding tert-OH is 2. The molecule has 0 aromatic carbocycles. The molecule has 0 aliphatic carbocycles. The van der Waals surface area contributed by atoms with E-state index in [1.807, 2.05) is 13.0 Å². The number of rotatable bonds is 13. The minimum Gasteiger partial charge on any atom is -0.478 e. The predicted molar refractivity (Wildman–Crippen MR) is 103 cm³/mol. The smallest absolute Gasteiger partial charge is 0.331 e. The average Bonchev–Trinajstić information content (AvgIpc) is 2.55. The van der Waals surface area contributed by atoms with Crippen LogP contribution >= 0.6 is 0 Å². The maximum absolute atomic E-state index is 11.3. The molecule has 3 N–H and O–H groups in total. The Balaban J connectivity index is 4.54. The van der Waals surface area contributed by atoms with Crippen molar-refractivity contribution < 1.29 is 20.1 Å². The van der Waals surface area contributed by atoms with Crippen molar-refractivity contribution in [2.45, 2.75) is 59.3 Å². The fourth-order valence-electron chi connectivity index (χ4n) is 2.32. The Kier molecular flexibility index (Phi) is 12.7. The maximum atomic E-state index is 11.3. The molecule has 0 heterocycles. The number of hydrogen-bond donors (Lipinski definition) is 3. The zero-order valence-corrected chi connectivity index (χ0v) is 15.9. The van der Waals surface area contributed by atoms with Gasteiger partial charge in [-0.15, -0.1) is 0 Å². The van der Waals surface area contributed by atoms with Gasteiger partial charge in [0, 0.05) is 5.57 Å². The predicted octanol–water partition coefficient (Wildman–Crippen LogP) is 4.41. The van der Waals surface area contributed by atoms with Crippen molar-refractivity contribution in [1.82, 2.24) is 0 Å². The molecule has 4 heteroatoms. The summed E-state index contributed by atoms with van der Waals surface area (Å²) in [6.45, 7) is 10.1. The molecule has 0 saturated heterocycles. The zero-order chi connectivity index (χ0) is 19.2. The number of aliphatic hydroxyl groups is 2. The number of carboxylic acid groups (broad SMARTS) is 1. The molecule has 0 aromatic heterocycles. The molecule has 0 fully saturated rings. The Hall–Kier alpha value is -1.65. The van der Waals surface area contributed by atoms with Gasteiger partial charge < -0.3 is 15.3 Å². The lowest BCUT2D eigenvalue weighted by molar-refractivity contribution is -0.132. The van der Waals surface area contributed by atoms with Crippen LogP contribution in [0.1, 0.15) is 59.3 Å². The van der Waals surface area contributed by atoms with E-state index in [1.165, 1.54) is 0 Å². The molecule has 25 heavy (non-hydrogen) atoms. The molecule has 0 saturated carbocycles. The number of allylic oxidation sites excluding steroid dienone is 4. The van der Waals surface area contributed by atoms with Crippen LogP contribution in [0.15, 0.2) is 47.1 Å². The number of carbonyl (C=O) groups is 1. The van der Waals surface area contributed by atoms with Crippen molar-refractivity contribution in [3.05, 3.63) is 47.1 Å². The lowest BCUT2D eigenvalue weighted by atomic mass is 9.96. The van der Waals surface area contributed by atoms with E-state index in [4.69, 9.17) is 5.11 Å². The van der Waals surface area contributed by atoms with Gasteiger partial charge in [-0.05, 0) is 56.9 Å². The van der Waals surface area contributed by atoms with E-state index in [9.17, 15) is 15.0 Å². The van der Waals surface area contributed by atoms with Gasteiger partial charge in [0.15, 0.2) is 0 Å². The van der Waals surface area contributed by atoms with Gasteiger partial charge in [0.2, 0.25) is 0 Å². The molecule has 0 aromatic rings. The second-order valence-corrected chi connectivity index (χ2v) is 6.68. The van der Waals surface area contributed by atoms with Crippen LogP contribution < -0.4 is 0 Å². The van der Waals surface area contributed by atoms with Gasteiger partial charge in [0.05, 0.1) is 13.2 Å². The van der Waals surface area contributed by atoms with Crippen LogP contribution in [-0.4, -0.2) is 34.5 Å². The zero-order valence-electron chi connectivity index (χ0n) is 15.9. The quantitative estimate of drug-likeness (QED) is 0.340. The average molecular weight is 350 g/mol. The van der Waals surface area contributed by atoms with Gasteiger partial charge >= 0.3 is 5.97 Å². The van der Waals surface area contributed by atoms with Crippen molar-refractivity contribution in [3.8, 4) is 0 Å². The molecule has 0 radical (unpaired) electrons. The fraction of sp³-hybridized carbons (Fsp3) is 0.571. The highest BCUT2D eigenvalue weighted by Crippen LogP contribution is 2.19. The molecular weight excluding hydrogens is 316 g/mol. The van der Waals surface area contributed by atoms with Gasteiger partial charge in [0.25, 0.3) is 0 Å². The van der Waals surface area contributed by atoms with E-state index < -0.39 is 5.97 Å². The number of carboxylic acids is 1. The number of hydrogen-bond acceptors (Lipinski definition) is 3. The van der Waals surface area contributed by atoms with E-state index in [1.54, 1.807) is 12.2 Å². The Morgan fingerprint density at radius 2 is 1.64 bits per heavy atom. The van der Waals surface area contributed by atoms with Crippen LogP contribution in [0.4, 0.5) is 0 Å². The molecular formula is C21H34O4. The molecule has 0 aliphatic rings. The van der Waals surface area contributed by atoms with Gasteiger partial charge in [-0.1, -0.05) is 49.8 Å². The van der Waals surface area contributed by atoms with Crippen LogP contribution in [0.5, 0.6) is 0 Å². The summed E-state index contributed by atoms with van der Waals surface area (Å²) in [5.41, 5.74) is 3.52. The highest BCUT2D eigenvalue weighted by molar-refractivity contribution is 5.86. The van der Waals surface area contributed by atoms with Crippen molar-refractivity contribution in [2.75, 3.05) is 13.2 Å².